The van der Waals surface area contributed by atoms with Crippen molar-refractivity contribution >= 4 is 40.4 Å². The molecule has 29 heavy (non-hydrogen) atoms. The average molecular weight is 406 g/mol. The number of Topliss-reactive ketones (excluding diaryl/α,β-unsaturated/α-hetero) is 1. The largest absolute Gasteiger partial charge is 0.443 e. The summed E-state index contributed by atoms with van der Waals surface area (Å²) >= 11 is 1.19. The van der Waals surface area contributed by atoms with Crippen LogP contribution < -0.4 is 5.32 Å². The van der Waals surface area contributed by atoms with E-state index in [2.05, 4.69) is 20.3 Å². The molecule has 3 heterocycles. The third-order valence-corrected chi connectivity index (χ3v) is 5.35. The van der Waals surface area contributed by atoms with Gasteiger partial charge in [-0.3, -0.25) is 9.59 Å². The molecule has 0 aliphatic heterocycles. The van der Waals surface area contributed by atoms with Gasteiger partial charge in [-0.05, 0) is 38.1 Å². The molecule has 0 spiro atoms. The summed E-state index contributed by atoms with van der Waals surface area (Å²) in [6.45, 7) is 3.73. The van der Waals surface area contributed by atoms with Crippen LogP contribution in [-0.4, -0.2) is 32.4 Å². The molecule has 0 aliphatic carbocycles. The smallest absolute Gasteiger partial charge is 0.256 e. The quantitative estimate of drug-likeness (QED) is 0.280. The molecule has 4 aromatic rings. The molecule has 0 aliphatic rings. The molecule has 1 aromatic carbocycles. The number of hydrogen-bond donors (Lipinski definition) is 2. The fourth-order valence-corrected chi connectivity index (χ4v) is 3.58. The molecule has 0 unspecified atom stereocenters. The lowest BCUT2D eigenvalue weighted by Crippen LogP contribution is -2.14. The van der Waals surface area contributed by atoms with Crippen molar-refractivity contribution in [2.45, 2.75) is 19.0 Å². The number of benzene rings is 1. The third-order valence-electron chi connectivity index (χ3n) is 4.51. The molecule has 4 rings (SSSR count). The summed E-state index contributed by atoms with van der Waals surface area (Å²) in [4.78, 5) is 36.7. The number of thioether (sulfide) groups is 1. The molecule has 8 heteroatoms. The van der Waals surface area contributed by atoms with E-state index in [4.69, 9.17) is 4.42 Å². The molecule has 0 radical (unpaired) electrons. The number of hydrogen-bond acceptors (Lipinski definition) is 6. The number of nitrogens with one attached hydrogen (secondary N) is 2. The van der Waals surface area contributed by atoms with E-state index in [0.717, 1.165) is 5.56 Å². The number of carbonyl (C=O) groups excluding carboxylic acids is 2. The second-order valence-corrected chi connectivity index (χ2v) is 7.38. The Hall–Kier alpha value is -3.39. The van der Waals surface area contributed by atoms with Gasteiger partial charge in [0.25, 0.3) is 5.91 Å². The van der Waals surface area contributed by atoms with E-state index in [9.17, 15) is 9.59 Å². The molecular formula is C21H18N4O3S. The fourth-order valence-electron chi connectivity index (χ4n) is 2.87. The Balaban J connectivity index is 1.64. The second kappa shape index (κ2) is 7.92. The summed E-state index contributed by atoms with van der Waals surface area (Å²) < 4.78 is 5.74. The Kier molecular flexibility index (Phi) is 5.18. The number of fused-ring (bicyclic) bond motifs is 1. The first-order chi connectivity index (χ1) is 14.0. The van der Waals surface area contributed by atoms with Gasteiger partial charge in [-0.25, -0.2) is 4.98 Å². The number of aromatic amines is 1. The highest BCUT2D eigenvalue weighted by Crippen LogP contribution is 2.31. The summed E-state index contributed by atoms with van der Waals surface area (Å²) in [5, 5.41) is 3.87. The minimum atomic E-state index is -0.276. The van der Waals surface area contributed by atoms with Gasteiger partial charge in [0.1, 0.15) is 11.6 Å². The van der Waals surface area contributed by atoms with Gasteiger partial charge in [0.15, 0.2) is 10.9 Å². The predicted molar refractivity (Wildman–Crippen MR) is 112 cm³/mol. The Morgan fingerprint density at radius 3 is 2.62 bits per heavy atom. The van der Waals surface area contributed by atoms with Crippen LogP contribution in [0.3, 0.4) is 0 Å². The molecular weight excluding hydrogens is 388 g/mol. The lowest BCUT2D eigenvalue weighted by atomic mass is 10.2. The average Bonchev–Trinajstić information content (AvgIpc) is 3.36. The van der Waals surface area contributed by atoms with Crippen LogP contribution in [0, 0.1) is 13.8 Å². The van der Waals surface area contributed by atoms with Gasteiger partial charge in [-0.1, -0.05) is 30.0 Å². The van der Waals surface area contributed by atoms with E-state index in [1.807, 2.05) is 19.9 Å². The maximum atomic E-state index is 12.6. The second-order valence-electron chi connectivity index (χ2n) is 6.43. The first-order valence-corrected chi connectivity index (χ1v) is 9.95. The summed E-state index contributed by atoms with van der Waals surface area (Å²) in [6, 6.07) is 12.4. The fraction of sp³-hybridized carbons (Fsp3) is 0.143. The summed E-state index contributed by atoms with van der Waals surface area (Å²) in [7, 11) is 0. The van der Waals surface area contributed by atoms with Gasteiger partial charge in [0, 0.05) is 17.3 Å². The highest BCUT2D eigenvalue weighted by molar-refractivity contribution is 7.99. The van der Waals surface area contributed by atoms with E-state index < -0.39 is 0 Å². The highest BCUT2D eigenvalue weighted by Gasteiger charge is 2.19. The number of amides is 1. The van der Waals surface area contributed by atoms with Crippen LogP contribution in [0.5, 0.6) is 0 Å². The molecule has 146 valence electrons. The maximum Gasteiger partial charge on any atom is 0.256 e. The zero-order valence-corrected chi connectivity index (χ0v) is 16.7. The molecule has 0 saturated heterocycles. The standard InChI is InChI=1S/C21H18N4O3S/c1-12-13(2)28-20-17(12)18(23-19(27)14-7-4-3-5-8-14)24-21(25-20)29-11-16(26)15-9-6-10-22-15/h3-10,22H,11H2,1-2H3,(H,23,24,25,27). The van der Waals surface area contributed by atoms with Gasteiger partial charge in [-0.15, -0.1) is 0 Å². The number of nitrogens with zero attached hydrogens (tertiary/aromatic N) is 2. The van der Waals surface area contributed by atoms with Crippen molar-refractivity contribution in [1.29, 1.82) is 0 Å². The molecule has 1 amide bonds. The van der Waals surface area contributed by atoms with Gasteiger partial charge in [0.2, 0.25) is 5.71 Å². The van der Waals surface area contributed by atoms with Crippen LogP contribution in [0.25, 0.3) is 11.1 Å². The van der Waals surface area contributed by atoms with Crippen molar-refractivity contribution in [3.63, 3.8) is 0 Å². The van der Waals surface area contributed by atoms with E-state index in [1.54, 1.807) is 42.6 Å². The minimum Gasteiger partial charge on any atom is -0.443 e. The Morgan fingerprint density at radius 2 is 1.90 bits per heavy atom. The van der Waals surface area contributed by atoms with Crippen molar-refractivity contribution in [3.05, 3.63) is 71.2 Å². The molecule has 0 bridgehead atoms. The van der Waals surface area contributed by atoms with Crippen molar-refractivity contribution < 1.29 is 14.0 Å². The predicted octanol–water partition coefficient (Wildman–Crippen LogP) is 4.40. The van der Waals surface area contributed by atoms with E-state index in [-0.39, 0.29) is 17.4 Å². The monoisotopic (exact) mass is 406 g/mol. The number of aromatic nitrogens is 3. The number of anilines is 1. The van der Waals surface area contributed by atoms with Crippen LogP contribution in [0.2, 0.25) is 0 Å². The Bertz CT molecular complexity index is 1180. The topological polar surface area (TPSA) is 101 Å². The molecule has 0 atom stereocenters. The van der Waals surface area contributed by atoms with Crippen molar-refractivity contribution in [3.8, 4) is 0 Å². The van der Waals surface area contributed by atoms with Crippen LogP contribution in [0.15, 0.2) is 58.2 Å². The van der Waals surface area contributed by atoms with E-state index in [0.29, 0.717) is 39.1 Å². The first-order valence-electron chi connectivity index (χ1n) is 8.96. The van der Waals surface area contributed by atoms with Gasteiger partial charge in [0.05, 0.1) is 16.8 Å². The van der Waals surface area contributed by atoms with Gasteiger partial charge in [-0.2, -0.15) is 4.98 Å². The molecule has 0 fully saturated rings. The van der Waals surface area contributed by atoms with Crippen molar-refractivity contribution in [2.75, 3.05) is 11.1 Å². The third kappa shape index (κ3) is 3.93. The molecule has 0 saturated carbocycles. The summed E-state index contributed by atoms with van der Waals surface area (Å²) in [6.07, 6.45) is 1.70. The summed E-state index contributed by atoms with van der Waals surface area (Å²) in [5.74, 6) is 0.895. The van der Waals surface area contributed by atoms with Crippen molar-refractivity contribution in [2.24, 2.45) is 0 Å². The molecule has 3 aromatic heterocycles. The number of carbonyl (C=O) groups is 2. The SMILES string of the molecule is Cc1oc2nc(SCC(=O)c3ccc[nH]3)nc(NC(=O)c3ccccc3)c2c1C. The number of rotatable bonds is 6. The van der Waals surface area contributed by atoms with Crippen LogP contribution >= 0.6 is 11.8 Å². The Morgan fingerprint density at radius 1 is 1.10 bits per heavy atom. The number of aryl methyl sites for hydroxylation is 2. The summed E-state index contributed by atoms with van der Waals surface area (Å²) in [5.41, 5.74) is 2.30. The van der Waals surface area contributed by atoms with E-state index in [1.165, 1.54) is 11.8 Å². The molecule has 7 nitrogen and oxygen atoms in total. The maximum absolute atomic E-state index is 12.6. The zero-order valence-electron chi connectivity index (χ0n) is 15.9. The van der Waals surface area contributed by atoms with Gasteiger partial charge < -0.3 is 14.7 Å². The first kappa shape index (κ1) is 18.9. The highest BCUT2D eigenvalue weighted by atomic mass is 32.2. The zero-order chi connectivity index (χ0) is 20.4. The number of ketones is 1. The van der Waals surface area contributed by atoms with Crippen LogP contribution in [0.1, 0.15) is 32.2 Å². The van der Waals surface area contributed by atoms with E-state index >= 15 is 0 Å². The molecule has 2 N–H and O–H groups in total. The van der Waals surface area contributed by atoms with Crippen LogP contribution in [-0.2, 0) is 0 Å². The normalized spacial score (nSPS) is 11.0. The van der Waals surface area contributed by atoms with Crippen molar-refractivity contribution in [1.82, 2.24) is 15.0 Å². The Labute approximate surface area is 170 Å². The number of H-pyrrole nitrogens is 1. The van der Waals surface area contributed by atoms with Gasteiger partial charge >= 0.3 is 0 Å². The minimum absolute atomic E-state index is 0.0645. The van der Waals surface area contributed by atoms with Crippen LogP contribution in [0.4, 0.5) is 5.82 Å². The lowest BCUT2D eigenvalue weighted by molar-refractivity contribution is 0.101. The lowest BCUT2D eigenvalue weighted by Gasteiger charge is -2.08. The number of furan rings is 1.